The highest BCUT2D eigenvalue weighted by Gasteiger charge is 2.03. The largest absolute Gasteiger partial charge is 0.484 e. The van der Waals surface area contributed by atoms with Crippen molar-refractivity contribution in [1.29, 1.82) is 5.26 Å². The van der Waals surface area contributed by atoms with E-state index in [4.69, 9.17) is 10.00 Å². The molecule has 0 aliphatic carbocycles. The maximum absolute atomic E-state index is 11.6. The van der Waals surface area contributed by atoms with Crippen LogP contribution >= 0.6 is 0 Å². The van der Waals surface area contributed by atoms with Crippen LogP contribution in [0.1, 0.15) is 11.1 Å². The number of ether oxygens (including phenoxy) is 1. The summed E-state index contributed by atoms with van der Waals surface area (Å²) in [7, 11) is 0. The fraction of sp³-hybridized carbons (Fsp3) is 0.125. The number of amides is 1. The first-order valence-corrected chi connectivity index (χ1v) is 6.21. The molecule has 0 bridgehead atoms. The molecule has 1 amide bonds. The highest BCUT2D eigenvalue weighted by Crippen LogP contribution is 2.08. The third kappa shape index (κ3) is 4.14. The lowest BCUT2D eigenvalue weighted by Crippen LogP contribution is -2.28. The van der Waals surface area contributed by atoms with Gasteiger partial charge in [0, 0.05) is 6.54 Å². The molecule has 0 saturated heterocycles. The Balaban J connectivity index is 1.79. The Hall–Kier alpha value is -2.80. The molecule has 100 valence electrons. The van der Waals surface area contributed by atoms with E-state index in [0.717, 1.165) is 5.56 Å². The maximum Gasteiger partial charge on any atom is 0.258 e. The fourth-order valence-corrected chi connectivity index (χ4v) is 1.67. The molecule has 20 heavy (non-hydrogen) atoms. The van der Waals surface area contributed by atoms with Crippen LogP contribution in [0, 0.1) is 11.3 Å². The molecule has 0 radical (unpaired) electrons. The summed E-state index contributed by atoms with van der Waals surface area (Å²) >= 11 is 0. The van der Waals surface area contributed by atoms with Crippen molar-refractivity contribution in [2.24, 2.45) is 0 Å². The smallest absolute Gasteiger partial charge is 0.258 e. The summed E-state index contributed by atoms with van der Waals surface area (Å²) in [6.07, 6.45) is 0. The molecule has 0 spiro atoms. The number of rotatable bonds is 5. The SMILES string of the molecule is N#Cc1cccc(CNC(=O)COc2ccccc2)c1. The first-order valence-electron chi connectivity index (χ1n) is 6.21. The van der Waals surface area contributed by atoms with Gasteiger partial charge in [0.2, 0.25) is 0 Å². The van der Waals surface area contributed by atoms with Gasteiger partial charge in [0.25, 0.3) is 5.91 Å². The van der Waals surface area contributed by atoms with Gasteiger partial charge in [-0.15, -0.1) is 0 Å². The predicted octanol–water partition coefficient (Wildman–Crippen LogP) is 2.25. The van der Waals surface area contributed by atoms with Gasteiger partial charge in [-0.1, -0.05) is 30.3 Å². The van der Waals surface area contributed by atoms with Crippen LogP contribution in [0.5, 0.6) is 5.75 Å². The van der Waals surface area contributed by atoms with Gasteiger partial charge < -0.3 is 10.1 Å². The van der Waals surface area contributed by atoms with Gasteiger partial charge in [0.05, 0.1) is 11.6 Å². The summed E-state index contributed by atoms with van der Waals surface area (Å²) in [6, 6.07) is 18.4. The number of carbonyl (C=O) groups excluding carboxylic acids is 1. The number of nitrogens with zero attached hydrogens (tertiary/aromatic N) is 1. The Bertz CT molecular complexity index is 618. The lowest BCUT2D eigenvalue weighted by atomic mass is 10.1. The molecule has 0 saturated carbocycles. The minimum Gasteiger partial charge on any atom is -0.484 e. The summed E-state index contributed by atoms with van der Waals surface area (Å²) in [5.74, 6) is 0.463. The van der Waals surface area contributed by atoms with E-state index in [1.165, 1.54) is 0 Å². The second-order valence-electron chi connectivity index (χ2n) is 4.19. The van der Waals surface area contributed by atoms with E-state index in [-0.39, 0.29) is 12.5 Å². The van der Waals surface area contributed by atoms with E-state index in [1.807, 2.05) is 24.3 Å². The van der Waals surface area contributed by atoms with Crippen molar-refractivity contribution in [1.82, 2.24) is 5.32 Å². The van der Waals surface area contributed by atoms with E-state index in [2.05, 4.69) is 11.4 Å². The normalized spacial score (nSPS) is 9.55. The van der Waals surface area contributed by atoms with E-state index in [1.54, 1.807) is 30.3 Å². The average Bonchev–Trinajstić information content (AvgIpc) is 2.52. The molecule has 4 nitrogen and oxygen atoms in total. The highest BCUT2D eigenvalue weighted by atomic mass is 16.5. The minimum atomic E-state index is -0.198. The van der Waals surface area contributed by atoms with Crippen LogP contribution in [-0.4, -0.2) is 12.5 Å². The van der Waals surface area contributed by atoms with Gasteiger partial charge in [-0.2, -0.15) is 5.26 Å². The number of nitrogens with one attached hydrogen (secondary N) is 1. The number of benzene rings is 2. The Kier molecular flexibility index (Phi) is 4.74. The quantitative estimate of drug-likeness (QED) is 0.902. The van der Waals surface area contributed by atoms with Crippen LogP contribution in [0.3, 0.4) is 0 Å². The topological polar surface area (TPSA) is 62.1 Å². The van der Waals surface area contributed by atoms with Crippen LogP contribution in [0.4, 0.5) is 0 Å². The van der Waals surface area contributed by atoms with E-state index < -0.39 is 0 Å². The number of carbonyl (C=O) groups is 1. The summed E-state index contributed by atoms with van der Waals surface area (Å²) in [4.78, 5) is 11.6. The second kappa shape index (κ2) is 6.95. The van der Waals surface area contributed by atoms with Gasteiger partial charge in [-0.05, 0) is 29.8 Å². The van der Waals surface area contributed by atoms with Crippen molar-refractivity contribution < 1.29 is 9.53 Å². The number of hydrogen-bond donors (Lipinski definition) is 1. The molecule has 2 aromatic rings. The third-order valence-electron chi connectivity index (χ3n) is 2.66. The first-order chi connectivity index (χ1) is 9.78. The minimum absolute atomic E-state index is 0.0258. The van der Waals surface area contributed by atoms with Crippen LogP contribution < -0.4 is 10.1 Å². The van der Waals surface area contributed by atoms with E-state index >= 15 is 0 Å². The zero-order chi connectivity index (χ0) is 14.2. The molecule has 4 heteroatoms. The first kappa shape index (κ1) is 13.6. The lowest BCUT2D eigenvalue weighted by Gasteiger charge is -2.07. The van der Waals surface area contributed by atoms with Crippen molar-refractivity contribution in [2.45, 2.75) is 6.54 Å². The second-order valence-corrected chi connectivity index (χ2v) is 4.19. The Labute approximate surface area is 117 Å². The van der Waals surface area contributed by atoms with Crippen molar-refractivity contribution in [3.8, 4) is 11.8 Å². The van der Waals surface area contributed by atoms with E-state index in [0.29, 0.717) is 17.9 Å². The molecular formula is C16H14N2O2. The van der Waals surface area contributed by atoms with Gasteiger partial charge >= 0.3 is 0 Å². The van der Waals surface area contributed by atoms with Crippen LogP contribution in [0.2, 0.25) is 0 Å². The zero-order valence-electron chi connectivity index (χ0n) is 10.9. The van der Waals surface area contributed by atoms with Gasteiger partial charge in [-0.3, -0.25) is 4.79 Å². The van der Waals surface area contributed by atoms with E-state index in [9.17, 15) is 4.79 Å². The molecule has 0 aliphatic heterocycles. The monoisotopic (exact) mass is 266 g/mol. The summed E-state index contributed by atoms with van der Waals surface area (Å²) in [5, 5.41) is 11.5. The molecule has 0 unspecified atom stereocenters. The molecule has 1 N–H and O–H groups in total. The van der Waals surface area contributed by atoms with Crippen LogP contribution in [0.25, 0.3) is 0 Å². The summed E-state index contributed by atoms with van der Waals surface area (Å²) < 4.78 is 5.34. The van der Waals surface area contributed by atoms with Crippen molar-refractivity contribution >= 4 is 5.91 Å². The number of nitriles is 1. The Morgan fingerprint density at radius 2 is 1.95 bits per heavy atom. The van der Waals surface area contributed by atoms with Crippen molar-refractivity contribution in [3.05, 3.63) is 65.7 Å². The maximum atomic E-state index is 11.6. The fourth-order valence-electron chi connectivity index (χ4n) is 1.67. The number of hydrogen-bond acceptors (Lipinski definition) is 3. The molecule has 0 fully saturated rings. The van der Waals surface area contributed by atoms with Crippen molar-refractivity contribution in [3.63, 3.8) is 0 Å². The lowest BCUT2D eigenvalue weighted by molar-refractivity contribution is -0.123. The molecular weight excluding hydrogens is 252 g/mol. The van der Waals surface area contributed by atoms with Crippen LogP contribution in [0.15, 0.2) is 54.6 Å². The van der Waals surface area contributed by atoms with Crippen molar-refractivity contribution in [2.75, 3.05) is 6.61 Å². The number of para-hydroxylation sites is 1. The Morgan fingerprint density at radius 1 is 1.15 bits per heavy atom. The molecule has 0 aliphatic rings. The molecule has 2 rings (SSSR count). The standard InChI is InChI=1S/C16H14N2O2/c17-10-13-5-4-6-14(9-13)11-18-16(19)12-20-15-7-2-1-3-8-15/h1-9H,11-12H2,(H,18,19). The van der Waals surface area contributed by atoms with Crippen LogP contribution in [-0.2, 0) is 11.3 Å². The average molecular weight is 266 g/mol. The zero-order valence-corrected chi connectivity index (χ0v) is 10.9. The van der Waals surface area contributed by atoms with Gasteiger partial charge in [0.1, 0.15) is 5.75 Å². The molecule has 0 heterocycles. The highest BCUT2D eigenvalue weighted by molar-refractivity contribution is 5.77. The molecule has 0 atom stereocenters. The van der Waals surface area contributed by atoms with Gasteiger partial charge in [-0.25, -0.2) is 0 Å². The van der Waals surface area contributed by atoms with Gasteiger partial charge in [0.15, 0.2) is 6.61 Å². The third-order valence-corrected chi connectivity index (χ3v) is 2.66. The summed E-state index contributed by atoms with van der Waals surface area (Å²) in [6.45, 7) is 0.356. The predicted molar refractivity (Wildman–Crippen MR) is 74.9 cm³/mol. The summed E-state index contributed by atoms with van der Waals surface area (Å²) in [5.41, 5.74) is 1.47. The Morgan fingerprint density at radius 3 is 2.70 bits per heavy atom. The molecule has 0 aromatic heterocycles. The molecule has 2 aromatic carbocycles.